The first-order chi connectivity index (χ1) is 15.0. The molecule has 0 fully saturated rings. The zero-order valence-electron chi connectivity index (χ0n) is 18.1. The van der Waals surface area contributed by atoms with E-state index in [0.717, 1.165) is 44.1 Å². The van der Waals surface area contributed by atoms with Crippen LogP contribution in [0.5, 0.6) is 0 Å². The minimum atomic E-state index is -3.67. The lowest BCUT2D eigenvalue weighted by Gasteiger charge is -2.11. The summed E-state index contributed by atoms with van der Waals surface area (Å²) in [6.07, 6.45) is 7.29. The molecule has 0 spiro atoms. The van der Waals surface area contributed by atoms with Crippen LogP contribution in [0.25, 0.3) is 0 Å². The fourth-order valence-corrected chi connectivity index (χ4v) is 4.57. The van der Waals surface area contributed by atoms with Crippen molar-refractivity contribution in [1.82, 2.24) is 4.72 Å². The largest absolute Gasteiger partial charge is 0.326 e. The predicted molar refractivity (Wildman–Crippen MR) is 125 cm³/mol. The molecular weight excluding hydrogens is 410 g/mol. The van der Waals surface area contributed by atoms with Gasteiger partial charge in [-0.3, -0.25) is 14.5 Å². The number of benzene rings is 2. The summed E-state index contributed by atoms with van der Waals surface area (Å²) in [6.45, 7) is 2.83. The van der Waals surface area contributed by atoms with Crippen molar-refractivity contribution in [2.45, 2.75) is 63.2 Å². The molecule has 0 unspecified atom stereocenters. The quantitative estimate of drug-likeness (QED) is 0.634. The Morgan fingerprint density at radius 1 is 0.968 bits per heavy atom. The number of unbranched alkanes of at least 4 members (excludes halogenated alkanes) is 1. The molecule has 0 radical (unpaired) electrons. The SMILES string of the molecule is CCCCc1ccc(CC(=O)Nc2ccc(S(=O)(=O)NC3=NCCCCC3)cc2)cc1. The Kier molecular flexibility index (Phi) is 8.23. The van der Waals surface area contributed by atoms with Gasteiger partial charge in [0.15, 0.2) is 0 Å². The van der Waals surface area contributed by atoms with Gasteiger partial charge in [0.05, 0.1) is 11.3 Å². The summed E-state index contributed by atoms with van der Waals surface area (Å²) in [4.78, 5) is 16.8. The molecule has 0 atom stereocenters. The van der Waals surface area contributed by atoms with Crippen molar-refractivity contribution >= 4 is 27.5 Å². The lowest BCUT2D eigenvalue weighted by Crippen LogP contribution is -2.30. The summed E-state index contributed by atoms with van der Waals surface area (Å²) in [5.74, 6) is 0.387. The normalized spacial score (nSPS) is 14.4. The van der Waals surface area contributed by atoms with Crippen LogP contribution in [-0.4, -0.2) is 26.7 Å². The average Bonchev–Trinajstić information content (AvgIpc) is 3.02. The maximum Gasteiger partial charge on any atom is 0.262 e. The molecule has 2 aromatic carbocycles. The van der Waals surface area contributed by atoms with Crippen LogP contribution in [0, 0.1) is 0 Å². The van der Waals surface area contributed by atoms with Crippen LogP contribution in [0.15, 0.2) is 58.4 Å². The number of nitrogens with zero attached hydrogens (tertiary/aromatic N) is 1. The molecule has 0 bridgehead atoms. The van der Waals surface area contributed by atoms with Crippen molar-refractivity contribution in [3.63, 3.8) is 0 Å². The molecule has 0 saturated heterocycles. The molecule has 0 aliphatic carbocycles. The molecule has 166 valence electrons. The van der Waals surface area contributed by atoms with E-state index in [1.54, 1.807) is 12.1 Å². The second-order valence-electron chi connectivity index (χ2n) is 7.91. The average molecular weight is 442 g/mol. The maximum atomic E-state index is 12.6. The number of amidine groups is 1. The second kappa shape index (κ2) is 11.1. The van der Waals surface area contributed by atoms with E-state index in [-0.39, 0.29) is 17.2 Å². The summed E-state index contributed by atoms with van der Waals surface area (Å²) < 4.78 is 27.8. The third kappa shape index (κ3) is 7.21. The van der Waals surface area contributed by atoms with E-state index in [2.05, 4.69) is 34.1 Å². The molecule has 0 saturated carbocycles. The molecule has 2 aromatic rings. The van der Waals surface area contributed by atoms with Crippen molar-refractivity contribution in [2.75, 3.05) is 11.9 Å². The fraction of sp³-hybridized carbons (Fsp3) is 0.417. The van der Waals surface area contributed by atoms with Gasteiger partial charge < -0.3 is 5.32 Å². The first-order valence-electron chi connectivity index (χ1n) is 11.0. The number of amides is 1. The number of hydrogen-bond acceptors (Lipinski definition) is 4. The summed E-state index contributed by atoms with van der Waals surface area (Å²) >= 11 is 0. The summed E-state index contributed by atoms with van der Waals surface area (Å²) in [6, 6.07) is 14.3. The molecule has 7 heteroatoms. The lowest BCUT2D eigenvalue weighted by molar-refractivity contribution is -0.115. The Bertz CT molecular complexity index is 997. The number of sulfonamides is 1. The third-order valence-corrected chi connectivity index (χ3v) is 6.68. The molecule has 2 N–H and O–H groups in total. The summed E-state index contributed by atoms with van der Waals surface area (Å²) in [5.41, 5.74) is 2.80. The first-order valence-corrected chi connectivity index (χ1v) is 12.5. The van der Waals surface area contributed by atoms with Crippen LogP contribution in [0.1, 0.15) is 56.6 Å². The van der Waals surface area contributed by atoms with Crippen LogP contribution in [0.2, 0.25) is 0 Å². The number of aliphatic imine (C=N–C) groups is 1. The lowest BCUT2D eigenvalue weighted by atomic mass is 10.0. The highest BCUT2D eigenvalue weighted by Crippen LogP contribution is 2.16. The maximum absolute atomic E-state index is 12.6. The van der Waals surface area contributed by atoms with Gasteiger partial charge >= 0.3 is 0 Å². The highest BCUT2D eigenvalue weighted by Gasteiger charge is 2.17. The van der Waals surface area contributed by atoms with Gasteiger partial charge in [-0.15, -0.1) is 0 Å². The molecular formula is C24H31N3O3S. The number of carbonyl (C=O) groups excluding carboxylic acids is 1. The van der Waals surface area contributed by atoms with Gasteiger partial charge in [-0.25, -0.2) is 8.42 Å². The van der Waals surface area contributed by atoms with Crippen molar-refractivity contribution in [3.05, 3.63) is 59.7 Å². The van der Waals surface area contributed by atoms with Crippen LogP contribution >= 0.6 is 0 Å². The molecule has 0 aromatic heterocycles. The Morgan fingerprint density at radius 3 is 2.39 bits per heavy atom. The molecule has 1 heterocycles. The van der Waals surface area contributed by atoms with Gasteiger partial charge in [0.2, 0.25) is 5.91 Å². The zero-order chi connectivity index (χ0) is 22.1. The van der Waals surface area contributed by atoms with Crippen LogP contribution in [0.3, 0.4) is 0 Å². The topological polar surface area (TPSA) is 87.6 Å². The number of hydrogen-bond donors (Lipinski definition) is 2. The summed E-state index contributed by atoms with van der Waals surface area (Å²) in [5, 5.41) is 2.83. The number of carbonyl (C=O) groups is 1. The molecule has 3 rings (SSSR count). The van der Waals surface area contributed by atoms with Crippen molar-refractivity contribution in [1.29, 1.82) is 0 Å². The minimum absolute atomic E-state index is 0.136. The van der Waals surface area contributed by atoms with Crippen molar-refractivity contribution < 1.29 is 13.2 Å². The number of rotatable bonds is 8. The number of anilines is 1. The van der Waals surface area contributed by atoms with Crippen LogP contribution in [0.4, 0.5) is 5.69 Å². The third-order valence-electron chi connectivity index (χ3n) is 5.28. The van der Waals surface area contributed by atoms with Gasteiger partial charge in [0, 0.05) is 18.7 Å². The van der Waals surface area contributed by atoms with Crippen LogP contribution < -0.4 is 10.0 Å². The fourth-order valence-electron chi connectivity index (χ4n) is 3.48. The predicted octanol–water partition coefficient (Wildman–Crippen LogP) is 4.46. The van der Waals surface area contributed by atoms with Gasteiger partial charge in [-0.2, -0.15) is 0 Å². The Hall–Kier alpha value is -2.67. The molecule has 31 heavy (non-hydrogen) atoms. The number of aryl methyl sites for hydroxylation is 1. The van der Waals surface area contributed by atoms with Gasteiger partial charge in [-0.05, 0) is 61.1 Å². The monoisotopic (exact) mass is 441 g/mol. The van der Waals surface area contributed by atoms with E-state index in [4.69, 9.17) is 0 Å². The Morgan fingerprint density at radius 2 is 1.68 bits per heavy atom. The highest BCUT2D eigenvalue weighted by atomic mass is 32.2. The van der Waals surface area contributed by atoms with Gasteiger partial charge in [0.1, 0.15) is 5.84 Å². The highest BCUT2D eigenvalue weighted by molar-refractivity contribution is 7.90. The van der Waals surface area contributed by atoms with Crippen molar-refractivity contribution in [2.24, 2.45) is 4.99 Å². The standard InChI is InChI=1S/C24H31N3O3S/c1-2-3-7-19-9-11-20(12-10-19)18-24(28)26-21-13-15-22(16-14-21)31(29,30)27-23-8-5-4-6-17-25-23/h9-16H,2-8,17-18H2,1H3,(H,25,27)(H,26,28). The van der Waals surface area contributed by atoms with Crippen molar-refractivity contribution in [3.8, 4) is 0 Å². The zero-order valence-corrected chi connectivity index (χ0v) is 18.9. The number of nitrogens with one attached hydrogen (secondary N) is 2. The van der Waals surface area contributed by atoms with E-state index in [0.29, 0.717) is 24.5 Å². The first kappa shape index (κ1) is 23.0. The van der Waals surface area contributed by atoms with Crippen LogP contribution in [-0.2, 0) is 27.7 Å². The second-order valence-corrected chi connectivity index (χ2v) is 9.60. The van der Waals surface area contributed by atoms with E-state index in [1.165, 1.54) is 17.7 Å². The minimum Gasteiger partial charge on any atom is -0.326 e. The Labute approximate surface area is 185 Å². The summed E-state index contributed by atoms with van der Waals surface area (Å²) in [7, 11) is -3.67. The molecule has 1 aliphatic rings. The smallest absolute Gasteiger partial charge is 0.262 e. The van der Waals surface area contributed by atoms with Gasteiger partial charge in [0.25, 0.3) is 10.0 Å². The van der Waals surface area contributed by atoms with E-state index in [9.17, 15) is 13.2 Å². The molecule has 6 nitrogen and oxygen atoms in total. The van der Waals surface area contributed by atoms with Gasteiger partial charge in [-0.1, -0.05) is 44.0 Å². The Balaban J connectivity index is 1.55. The van der Waals surface area contributed by atoms with E-state index >= 15 is 0 Å². The van der Waals surface area contributed by atoms with E-state index < -0.39 is 10.0 Å². The molecule has 1 amide bonds. The van der Waals surface area contributed by atoms with E-state index in [1.807, 2.05) is 12.1 Å². The molecule has 1 aliphatic heterocycles.